The number of nitrogens with zero attached hydrogens (tertiary/aromatic N) is 2. The number of amides is 2. The number of pyridine rings is 1. The van der Waals surface area contributed by atoms with Crippen molar-refractivity contribution < 1.29 is 19.2 Å². The lowest BCUT2D eigenvalue weighted by molar-refractivity contribution is -0.136. The number of likely N-dealkylation sites (tertiary alicyclic amines) is 1. The van der Waals surface area contributed by atoms with Crippen molar-refractivity contribution in [3.63, 3.8) is 0 Å². The molecule has 1 fully saturated rings. The molecule has 1 aromatic heterocycles. The molecule has 2 heterocycles. The van der Waals surface area contributed by atoms with Gasteiger partial charge in [0, 0.05) is 37.8 Å². The van der Waals surface area contributed by atoms with Gasteiger partial charge < -0.3 is 15.5 Å². The number of rotatable bonds is 10. The number of carbonyl (C=O) groups is 4. The van der Waals surface area contributed by atoms with Gasteiger partial charge in [0.25, 0.3) is 0 Å². The smallest absolute Gasteiger partial charge is 0.243 e. The Morgan fingerprint density at radius 3 is 2.56 bits per heavy atom. The largest absolute Gasteiger partial charge is 0.352 e. The summed E-state index contributed by atoms with van der Waals surface area (Å²) in [6.45, 7) is 2.75. The lowest BCUT2D eigenvalue weighted by Crippen LogP contribution is -2.48. The number of ketones is 2. The van der Waals surface area contributed by atoms with Gasteiger partial charge in [-0.1, -0.05) is 42.5 Å². The zero-order valence-electron chi connectivity index (χ0n) is 20.2. The van der Waals surface area contributed by atoms with Gasteiger partial charge in [-0.2, -0.15) is 0 Å². The van der Waals surface area contributed by atoms with Gasteiger partial charge in [0.15, 0.2) is 0 Å². The maximum Gasteiger partial charge on any atom is 0.243 e. The standard InChI is InChI=1S/C28H30N4O4/c1-19(31-28(36)24-11-13-27(35)32(24)18-20-7-3-2-4-8-20)15-23(21-10-12-25(33)26(34)16-21)30-17-22-9-5-6-14-29-22/h2-10,12,14,16,19,23-24,30H,11,13,15,17-18H2,1H3,(H,31,36). The first-order valence-electron chi connectivity index (χ1n) is 12.2. The molecular formula is C28H30N4O4. The average Bonchev–Trinajstić information content (AvgIpc) is 3.24. The quantitative estimate of drug-likeness (QED) is 0.394. The summed E-state index contributed by atoms with van der Waals surface area (Å²) in [6, 6.07) is 14.2. The SMILES string of the molecule is CC(CC(NCc1ccccn1)C1=CC(=O)C(=O)C=C1)NC(=O)C1CCC(=O)N1Cc1ccccc1. The molecule has 3 atom stereocenters. The zero-order chi connectivity index (χ0) is 25.5. The molecule has 1 saturated heterocycles. The second-order valence-corrected chi connectivity index (χ2v) is 9.17. The van der Waals surface area contributed by atoms with Gasteiger partial charge >= 0.3 is 0 Å². The van der Waals surface area contributed by atoms with E-state index < -0.39 is 17.6 Å². The third-order valence-electron chi connectivity index (χ3n) is 6.43. The van der Waals surface area contributed by atoms with Crippen LogP contribution >= 0.6 is 0 Å². The number of benzene rings is 1. The van der Waals surface area contributed by atoms with Crippen molar-refractivity contribution in [2.24, 2.45) is 0 Å². The van der Waals surface area contributed by atoms with E-state index in [4.69, 9.17) is 0 Å². The van der Waals surface area contributed by atoms with Crippen LogP contribution in [0.25, 0.3) is 0 Å². The normalized spacial score (nSPS) is 19.2. The van der Waals surface area contributed by atoms with E-state index in [-0.39, 0.29) is 23.9 Å². The number of aromatic nitrogens is 1. The van der Waals surface area contributed by atoms with Gasteiger partial charge in [-0.3, -0.25) is 24.2 Å². The lowest BCUT2D eigenvalue weighted by atomic mass is 9.94. The van der Waals surface area contributed by atoms with Gasteiger partial charge in [-0.25, -0.2) is 0 Å². The summed E-state index contributed by atoms with van der Waals surface area (Å²) in [4.78, 5) is 55.3. The van der Waals surface area contributed by atoms with E-state index in [1.54, 1.807) is 17.2 Å². The average molecular weight is 487 g/mol. The predicted octanol–water partition coefficient (Wildman–Crippen LogP) is 2.26. The van der Waals surface area contributed by atoms with Crippen LogP contribution in [0.1, 0.15) is 37.4 Å². The minimum Gasteiger partial charge on any atom is -0.352 e. The first-order chi connectivity index (χ1) is 17.4. The van der Waals surface area contributed by atoms with E-state index in [1.165, 1.54) is 12.2 Å². The summed E-state index contributed by atoms with van der Waals surface area (Å²) < 4.78 is 0. The summed E-state index contributed by atoms with van der Waals surface area (Å²) in [7, 11) is 0. The van der Waals surface area contributed by atoms with Crippen LogP contribution in [0.3, 0.4) is 0 Å². The first kappa shape index (κ1) is 25.2. The fraction of sp³-hybridized carbons (Fsp3) is 0.321. The van der Waals surface area contributed by atoms with Crippen molar-refractivity contribution in [3.05, 3.63) is 89.8 Å². The van der Waals surface area contributed by atoms with Crippen LogP contribution in [0.4, 0.5) is 0 Å². The highest BCUT2D eigenvalue weighted by molar-refractivity contribution is 6.46. The summed E-state index contributed by atoms with van der Waals surface area (Å²) in [5.41, 5.74) is 2.49. The number of carbonyl (C=O) groups excluding carboxylic acids is 4. The summed E-state index contributed by atoms with van der Waals surface area (Å²) in [5.74, 6) is -1.32. The molecule has 2 amide bonds. The topological polar surface area (TPSA) is 108 Å². The van der Waals surface area contributed by atoms with Crippen LogP contribution in [0, 0.1) is 0 Å². The van der Waals surface area contributed by atoms with Crippen LogP contribution in [-0.2, 0) is 32.3 Å². The van der Waals surface area contributed by atoms with E-state index in [0.29, 0.717) is 37.9 Å². The van der Waals surface area contributed by atoms with E-state index in [0.717, 1.165) is 11.3 Å². The van der Waals surface area contributed by atoms with E-state index >= 15 is 0 Å². The highest BCUT2D eigenvalue weighted by atomic mass is 16.2. The van der Waals surface area contributed by atoms with Crippen LogP contribution in [-0.4, -0.2) is 51.4 Å². The summed E-state index contributed by atoms with van der Waals surface area (Å²) in [5, 5.41) is 6.46. The Hall–Kier alpha value is -3.91. The second-order valence-electron chi connectivity index (χ2n) is 9.17. The molecule has 2 aromatic rings. The second kappa shape index (κ2) is 11.7. The van der Waals surface area contributed by atoms with Crippen molar-refractivity contribution >= 4 is 23.4 Å². The Morgan fingerprint density at radius 1 is 1.06 bits per heavy atom. The van der Waals surface area contributed by atoms with Crippen molar-refractivity contribution in [3.8, 4) is 0 Å². The first-order valence-corrected chi connectivity index (χ1v) is 12.2. The molecule has 8 nitrogen and oxygen atoms in total. The number of hydrogen-bond acceptors (Lipinski definition) is 6. The molecule has 36 heavy (non-hydrogen) atoms. The monoisotopic (exact) mass is 486 g/mol. The third-order valence-corrected chi connectivity index (χ3v) is 6.43. The van der Waals surface area contributed by atoms with Crippen LogP contribution in [0.15, 0.2) is 78.5 Å². The highest BCUT2D eigenvalue weighted by Crippen LogP contribution is 2.22. The van der Waals surface area contributed by atoms with Gasteiger partial charge in [-0.05, 0) is 55.2 Å². The Labute approximate surface area is 210 Å². The van der Waals surface area contributed by atoms with Gasteiger partial charge in [0.1, 0.15) is 6.04 Å². The van der Waals surface area contributed by atoms with Gasteiger partial charge in [0.05, 0.1) is 5.69 Å². The fourth-order valence-electron chi connectivity index (χ4n) is 4.55. The van der Waals surface area contributed by atoms with Crippen LogP contribution in [0.5, 0.6) is 0 Å². The molecule has 1 aliphatic heterocycles. The Kier molecular flexibility index (Phi) is 8.17. The maximum atomic E-state index is 13.2. The van der Waals surface area contributed by atoms with Crippen molar-refractivity contribution in [2.75, 3.05) is 0 Å². The van der Waals surface area contributed by atoms with Gasteiger partial charge in [0.2, 0.25) is 23.4 Å². The Morgan fingerprint density at radius 2 is 1.83 bits per heavy atom. The summed E-state index contributed by atoms with van der Waals surface area (Å²) >= 11 is 0. The molecular weight excluding hydrogens is 456 g/mol. The van der Waals surface area contributed by atoms with Crippen LogP contribution < -0.4 is 10.6 Å². The molecule has 186 valence electrons. The molecule has 3 unspecified atom stereocenters. The predicted molar refractivity (Wildman–Crippen MR) is 134 cm³/mol. The number of nitrogens with one attached hydrogen (secondary N) is 2. The highest BCUT2D eigenvalue weighted by Gasteiger charge is 2.36. The number of allylic oxidation sites excluding steroid dienone is 2. The molecule has 2 aliphatic rings. The zero-order valence-corrected chi connectivity index (χ0v) is 20.2. The Bertz CT molecular complexity index is 1180. The minimum absolute atomic E-state index is 0.0257. The van der Waals surface area contributed by atoms with E-state index in [1.807, 2.05) is 55.5 Å². The van der Waals surface area contributed by atoms with E-state index in [2.05, 4.69) is 15.6 Å². The molecule has 4 rings (SSSR count). The molecule has 2 N–H and O–H groups in total. The van der Waals surface area contributed by atoms with Gasteiger partial charge in [-0.15, -0.1) is 0 Å². The number of hydrogen-bond donors (Lipinski definition) is 2. The molecule has 0 spiro atoms. The molecule has 0 radical (unpaired) electrons. The molecule has 1 aromatic carbocycles. The molecule has 8 heteroatoms. The fourth-order valence-corrected chi connectivity index (χ4v) is 4.55. The third kappa shape index (κ3) is 6.40. The lowest BCUT2D eigenvalue weighted by Gasteiger charge is -2.28. The van der Waals surface area contributed by atoms with Crippen molar-refractivity contribution in [1.29, 1.82) is 0 Å². The summed E-state index contributed by atoms with van der Waals surface area (Å²) in [6.07, 6.45) is 7.30. The Balaban J connectivity index is 1.41. The minimum atomic E-state index is -0.560. The van der Waals surface area contributed by atoms with E-state index in [9.17, 15) is 19.2 Å². The molecule has 1 aliphatic carbocycles. The van der Waals surface area contributed by atoms with Crippen molar-refractivity contribution in [1.82, 2.24) is 20.5 Å². The maximum absolute atomic E-state index is 13.2. The van der Waals surface area contributed by atoms with Crippen molar-refractivity contribution in [2.45, 2.75) is 57.4 Å². The van der Waals surface area contributed by atoms with Crippen LogP contribution in [0.2, 0.25) is 0 Å². The molecule has 0 bridgehead atoms. The molecule has 0 saturated carbocycles.